The van der Waals surface area contributed by atoms with Gasteiger partial charge < -0.3 is 24.4 Å². The Morgan fingerprint density at radius 3 is 2.66 bits per heavy atom. The van der Waals surface area contributed by atoms with E-state index in [1.807, 2.05) is 46.2 Å². The number of nitrogens with zero attached hydrogens (tertiary/aromatic N) is 3. The summed E-state index contributed by atoms with van der Waals surface area (Å²) >= 11 is 6.74. The second-order valence-electron chi connectivity index (χ2n) is 11.2. The highest BCUT2D eigenvalue weighted by molar-refractivity contribution is 6.31. The lowest BCUT2D eigenvalue weighted by Crippen LogP contribution is -2.50. The van der Waals surface area contributed by atoms with E-state index in [-0.39, 0.29) is 30.2 Å². The molecule has 0 bridgehead atoms. The van der Waals surface area contributed by atoms with E-state index in [2.05, 4.69) is 10.5 Å². The smallest absolute Gasteiger partial charge is 0.227 e. The number of fused-ring (bicyclic) bond motifs is 2. The van der Waals surface area contributed by atoms with Gasteiger partial charge in [0, 0.05) is 60.9 Å². The van der Waals surface area contributed by atoms with Gasteiger partial charge >= 0.3 is 0 Å². The predicted octanol–water partition coefficient (Wildman–Crippen LogP) is 4.66. The van der Waals surface area contributed by atoms with Gasteiger partial charge in [-0.3, -0.25) is 14.4 Å². The van der Waals surface area contributed by atoms with Gasteiger partial charge in [-0.1, -0.05) is 41.7 Å². The molecule has 0 spiro atoms. The number of aromatic nitrogens is 1. The van der Waals surface area contributed by atoms with Crippen LogP contribution in [0.15, 0.2) is 40.9 Å². The molecule has 3 atom stereocenters. The van der Waals surface area contributed by atoms with Crippen molar-refractivity contribution >= 4 is 40.3 Å². The van der Waals surface area contributed by atoms with Gasteiger partial charge in [0.1, 0.15) is 18.1 Å². The molecule has 1 saturated carbocycles. The van der Waals surface area contributed by atoms with Crippen LogP contribution < -0.4 is 10.1 Å². The van der Waals surface area contributed by atoms with Gasteiger partial charge in [0.2, 0.25) is 17.7 Å². The number of benzene rings is 2. The summed E-state index contributed by atoms with van der Waals surface area (Å²) in [5, 5.41) is 8.46. The molecule has 6 rings (SSSR count). The Morgan fingerprint density at radius 2 is 1.88 bits per heavy atom. The summed E-state index contributed by atoms with van der Waals surface area (Å²) in [4.78, 5) is 43.6. The molecule has 9 nitrogen and oxygen atoms in total. The number of carbonyl (C=O) groups is 3. The summed E-state index contributed by atoms with van der Waals surface area (Å²) in [6.07, 6.45) is 5.08. The van der Waals surface area contributed by atoms with Crippen molar-refractivity contribution in [2.45, 2.75) is 57.6 Å². The minimum atomic E-state index is -0.441. The third kappa shape index (κ3) is 5.27. The van der Waals surface area contributed by atoms with Crippen LogP contribution in [0.3, 0.4) is 0 Å². The first-order valence-corrected chi connectivity index (χ1v) is 14.9. The van der Waals surface area contributed by atoms with Crippen LogP contribution in [0.5, 0.6) is 5.75 Å². The molecular weight excluding hydrogens is 544 g/mol. The van der Waals surface area contributed by atoms with Gasteiger partial charge in [-0.15, -0.1) is 0 Å². The van der Waals surface area contributed by atoms with Crippen LogP contribution in [-0.2, 0) is 27.4 Å². The Morgan fingerprint density at radius 1 is 1.07 bits per heavy atom. The largest absolute Gasteiger partial charge is 0.487 e. The number of amides is 3. The third-order valence-corrected chi connectivity index (χ3v) is 9.26. The maximum Gasteiger partial charge on any atom is 0.227 e. The number of rotatable bonds is 7. The number of hydrogen-bond donors (Lipinski definition) is 1. The zero-order valence-corrected chi connectivity index (χ0v) is 24.0. The maximum absolute atomic E-state index is 14.3. The van der Waals surface area contributed by atoms with E-state index in [0.717, 1.165) is 35.8 Å². The van der Waals surface area contributed by atoms with Gasteiger partial charge in [-0.25, -0.2) is 0 Å². The molecule has 10 heteroatoms. The Balaban J connectivity index is 1.36. The molecule has 3 aliphatic rings. The minimum absolute atomic E-state index is 0.0333. The fraction of sp³-hybridized carbons (Fsp3) is 0.484. The van der Waals surface area contributed by atoms with Gasteiger partial charge in [-0.2, -0.15) is 0 Å². The molecular formula is C31H35ClN4O5. The van der Waals surface area contributed by atoms with Crippen LogP contribution in [0, 0.1) is 11.8 Å². The molecule has 3 heterocycles. The van der Waals surface area contributed by atoms with Crippen molar-refractivity contribution in [2.75, 3.05) is 26.7 Å². The highest BCUT2D eigenvalue weighted by atomic mass is 35.5. The molecule has 3 amide bonds. The Hall–Kier alpha value is -3.59. The van der Waals surface area contributed by atoms with Crippen molar-refractivity contribution in [1.29, 1.82) is 0 Å². The minimum Gasteiger partial charge on any atom is -0.487 e. The predicted molar refractivity (Wildman–Crippen MR) is 153 cm³/mol. The Kier molecular flexibility index (Phi) is 7.88. The average molecular weight is 579 g/mol. The summed E-state index contributed by atoms with van der Waals surface area (Å²) in [5.41, 5.74) is 3.12. The van der Waals surface area contributed by atoms with E-state index in [1.54, 1.807) is 7.05 Å². The van der Waals surface area contributed by atoms with Gasteiger partial charge in [0.05, 0.1) is 6.04 Å². The van der Waals surface area contributed by atoms with E-state index in [9.17, 15) is 14.4 Å². The molecule has 1 N–H and O–H groups in total. The molecule has 1 aromatic heterocycles. The zero-order valence-electron chi connectivity index (χ0n) is 23.2. The topological polar surface area (TPSA) is 105 Å². The first-order chi connectivity index (χ1) is 20.0. The quantitative estimate of drug-likeness (QED) is 0.437. The van der Waals surface area contributed by atoms with E-state index >= 15 is 0 Å². The van der Waals surface area contributed by atoms with E-state index in [1.165, 1.54) is 0 Å². The summed E-state index contributed by atoms with van der Waals surface area (Å²) in [5.74, 6) is -0.173. The van der Waals surface area contributed by atoms with Crippen molar-refractivity contribution in [1.82, 2.24) is 20.3 Å². The van der Waals surface area contributed by atoms with E-state index in [4.69, 9.17) is 20.9 Å². The van der Waals surface area contributed by atoms with Crippen molar-refractivity contribution in [3.05, 3.63) is 58.2 Å². The van der Waals surface area contributed by atoms with Crippen molar-refractivity contribution in [3.8, 4) is 5.75 Å². The lowest BCUT2D eigenvalue weighted by Gasteiger charge is -2.43. The molecule has 2 fully saturated rings. The highest BCUT2D eigenvalue weighted by Crippen LogP contribution is 2.43. The number of halogens is 1. The maximum atomic E-state index is 14.3. The van der Waals surface area contributed by atoms with Crippen LogP contribution in [0.1, 0.15) is 61.4 Å². The van der Waals surface area contributed by atoms with Crippen LogP contribution in [0.25, 0.3) is 11.0 Å². The van der Waals surface area contributed by atoms with E-state index in [0.29, 0.717) is 67.4 Å². The van der Waals surface area contributed by atoms with Gasteiger partial charge in [-0.05, 0) is 55.5 Å². The lowest BCUT2D eigenvalue weighted by molar-refractivity contribution is -0.147. The number of carbonyl (C=O) groups excluding carboxylic acids is 3. The lowest BCUT2D eigenvalue weighted by atomic mass is 9.77. The normalized spacial score (nSPS) is 22.6. The average Bonchev–Trinajstić information content (AvgIpc) is 3.61. The summed E-state index contributed by atoms with van der Waals surface area (Å²) < 4.78 is 11.9. The van der Waals surface area contributed by atoms with Crippen LogP contribution >= 0.6 is 11.6 Å². The van der Waals surface area contributed by atoms with Gasteiger partial charge in [0.15, 0.2) is 5.58 Å². The van der Waals surface area contributed by atoms with Gasteiger partial charge in [0.25, 0.3) is 0 Å². The van der Waals surface area contributed by atoms with Crippen LogP contribution in [0.4, 0.5) is 0 Å². The molecule has 3 aromatic rings. The molecule has 1 saturated heterocycles. The van der Waals surface area contributed by atoms with Crippen LogP contribution in [-0.4, -0.2) is 59.4 Å². The Bertz CT molecular complexity index is 1470. The molecule has 1 aliphatic carbocycles. The summed E-state index contributed by atoms with van der Waals surface area (Å²) in [6, 6.07) is 10.8. The number of ether oxygens (including phenoxy) is 1. The zero-order chi connectivity index (χ0) is 28.5. The molecule has 0 radical (unpaired) electrons. The first-order valence-electron chi connectivity index (χ1n) is 14.5. The SMILES string of the molecule is CNC(=O)[C@@H]1CCCCC1C(=O)N1CCc2c(Cl)ccc(OCc3noc4ccccc34)c2[C@H]1CN1CCCC1=O. The molecule has 216 valence electrons. The molecule has 41 heavy (non-hydrogen) atoms. The summed E-state index contributed by atoms with van der Waals surface area (Å²) in [6.45, 7) is 1.65. The standard InChI is InChI=1S/C31H35ClN4O5/c1-33-30(38)19-7-2-3-8-20(19)31(39)36-16-14-21-23(32)12-13-27(29(21)25(36)17-35-15-6-11-28(35)37)40-18-24-22-9-4-5-10-26(22)41-34-24/h4-5,9-10,12-13,19-20,25H,2-3,6-8,11,14-18H2,1H3,(H,33,38)/t19-,20?,25-/m1/s1. The van der Waals surface area contributed by atoms with Crippen molar-refractivity contribution < 1.29 is 23.6 Å². The molecule has 2 aliphatic heterocycles. The molecule has 2 aromatic carbocycles. The highest BCUT2D eigenvalue weighted by Gasteiger charge is 2.43. The number of likely N-dealkylation sites (tertiary alicyclic amines) is 1. The number of para-hydroxylation sites is 1. The summed E-state index contributed by atoms with van der Waals surface area (Å²) in [7, 11) is 1.63. The van der Waals surface area contributed by atoms with Crippen LogP contribution in [0.2, 0.25) is 5.02 Å². The van der Waals surface area contributed by atoms with E-state index < -0.39 is 12.0 Å². The third-order valence-electron chi connectivity index (χ3n) is 8.90. The number of hydrogen-bond acceptors (Lipinski definition) is 6. The number of nitrogens with one attached hydrogen (secondary N) is 1. The second-order valence-corrected chi connectivity index (χ2v) is 11.6. The van der Waals surface area contributed by atoms with Crippen molar-refractivity contribution in [2.24, 2.45) is 11.8 Å². The Labute approximate surface area is 244 Å². The monoisotopic (exact) mass is 578 g/mol. The fourth-order valence-corrected chi connectivity index (χ4v) is 7.05. The molecule has 1 unspecified atom stereocenters. The van der Waals surface area contributed by atoms with Crippen molar-refractivity contribution in [3.63, 3.8) is 0 Å². The first kappa shape index (κ1) is 27.6. The second kappa shape index (κ2) is 11.7. The fourth-order valence-electron chi connectivity index (χ4n) is 6.79.